The highest BCUT2D eigenvalue weighted by atomic mass is 15.2. The van der Waals surface area contributed by atoms with Crippen LogP contribution in [-0.2, 0) is 0 Å². The average Bonchev–Trinajstić information content (AvgIpc) is 2.21. The lowest BCUT2D eigenvalue weighted by atomic mass is 10.9. The van der Waals surface area contributed by atoms with Crippen LogP contribution >= 0.6 is 0 Å². The van der Waals surface area contributed by atoms with Gasteiger partial charge in [-0.3, -0.25) is 0 Å². The lowest BCUT2D eigenvalue weighted by Gasteiger charge is -1.77. The summed E-state index contributed by atoms with van der Waals surface area (Å²) in [5.74, 6) is 0. The summed E-state index contributed by atoms with van der Waals surface area (Å²) >= 11 is 0. The van der Waals surface area contributed by atoms with Crippen LogP contribution in [0.5, 0.6) is 0 Å². The molecule has 1 saturated heterocycles. The van der Waals surface area contributed by atoms with Gasteiger partial charge in [-0.05, 0) is 0 Å². The largest absolute Gasteiger partial charge is 0.368 e. The first-order valence-electron chi connectivity index (χ1n) is 2.03. The Bertz CT molecular complexity index is 86.1. The van der Waals surface area contributed by atoms with Crippen LogP contribution in [0.1, 0.15) is 0 Å². The van der Waals surface area contributed by atoms with Gasteiger partial charge in [0.25, 0.3) is 0 Å². The topological polar surface area (TPSA) is 3.01 Å². The van der Waals surface area contributed by atoms with Gasteiger partial charge in [0.05, 0.1) is 0 Å². The van der Waals surface area contributed by atoms with E-state index < -0.39 is 0 Å². The van der Waals surface area contributed by atoms with E-state index in [1.807, 2.05) is 6.20 Å². The fraction of sp³-hybridized carbons (Fsp3) is 0.400. The van der Waals surface area contributed by atoms with Gasteiger partial charge in [-0.1, -0.05) is 6.58 Å². The predicted octanol–water partition coefficient (Wildman–Crippen LogP) is 0.601. The molecule has 0 N–H and O–H groups in total. The van der Waals surface area contributed by atoms with Crippen molar-refractivity contribution in [2.45, 2.75) is 0 Å². The first kappa shape index (κ1) is 3.51. The zero-order valence-corrected chi connectivity index (χ0v) is 3.65. The van der Waals surface area contributed by atoms with Crippen molar-refractivity contribution < 1.29 is 0 Å². The van der Waals surface area contributed by atoms with Crippen LogP contribution in [0.2, 0.25) is 0 Å². The van der Waals surface area contributed by atoms with Gasteiger partial charge in [-0.25, -0.2) is 0 Å². The Balaban J connectivity index is 2.33. The molecule has 0 aromatic heterocycles. The molecule has 1 aliphatic rings. The lowest BCUT2D eigenvalue weighted by molar-refractivity contribution is 0.775. The molecule has 0 amide bonds. The van der Waals surface area contributed by atoms with Crippen LogP contribution in [0.25, 0.3) is 0 Å². The molecular formula is C5H7N. The Morgan fingerprint density at radius 2 is 2.33 bits per heavy atom. The van der Waals surface area contributed by atoms with E-state index in [4.69, 9.17) is 0 Å². The molecule has 1 heteroatoms. The van der Waals surface area contributed by atoms with Gasteiger partial charge in [0.1, 0.15) is 0 Å². The maximum atomic E-state index is 3.42. The van der Waals surface area contributed by atoms with E-state index in [-0.39, 0.29) is 0 Å². The van der Waals surface area contributed by atoms with E-state index in [1.54, 1.807) is 0 Å². The van der Waals surface area contributed by atoms with Crippen molar-refractivity contribution in [3.05, 3.63) is 18.5 Å². The molecule has 1 aliphatic heterocycles. The molecule has 6 heavy (non-hydrogen) atoms. The Morgan fingerprint density at radius 1 is 1.67 bits per heavy atom. The van der Waals surface area contributed by atoms with Crippen LogP contribution in [0.3, 0.4) is 0 Å². The third kappa shape index (κ3) is 0.631. The summed E-state index contributed by atoms with van der Waals surface area (Å²) in [5.41, 5.74) is 2.68. The SMILES string of the molecule is C=C=CN1CC1. The van der Waals surface area contributed by atoms with E-state index in [0.29, 0.717) is 0 Å². The quantitative estimate of drug-likeness (QED) is 0.330. The third-order valence-electron chi connectivity index (χ3n) is 0.756. The molecule has 0 radical (unpaired) electrons. The average molecular weight is 81.1 g/mol. The minimum Gasteiger partial charge on any atom is -0.368 e. The fourth-order valence-electron chi connectivity index (χ4n) is 0.316. The van der Waals surface area contributed by atoms with Crippen molar-refractivity contribution in [3.63, 3.8) is 0 Å². The predicted molar refractivity (Wildman–Crippen MR) is 25.3 cm³/mol. The second-order valence-electron chi connectivity index (χ2n) is 1.37. The monoisotopic (exact) mass is 81.1 g/mol. The molecule has 0 aromatic rings. The summed E-state index contributed by atoms with van der Waals surface area (Å²) in [6, 6.07) is 0. The zero-order valence-electron chi connectivity index (χ0n) is 3.65. The highest BCUT2D eigenvalue weighted by molar-refractivity contribution is 4.86. The summed E-state index contributed by atoms with van der Waals surface area (Å²) < 4.78 is 0. The van der Waals surface area contributed by atoms with Gasteiger partial charge < -0.3 is 4.90 Å². The first-order chi connectivity index (χ1) is 2.93. The Hall–Kier alpha value is -0.680. The standard InChI is InChI=1S/C5H7N/c1-2-3-6-4-5-6/h3H,1,4-5H2. The lowest BCUT2D eigenvalue weighted by Crippen LogP contribution is -1.74. The highest BCUT2D eigenvalue weighted by Gasteiger charge is 2.09. The van der Waals surface area contributed by atoms with Crippen molar-refractivity contribution in [2.75, 3.05) is 13.1 Å². The highest BCUT2D eigenvalue weighted by Crippen LogP contribution is 2.00. The Kier molecular flexibility index (Phi) is 0.697. The van der Waals surface area contributed by atoms with E-state index in [2.05, 4.69) is 17.2 Å². The Labute approximate surface area is 37.6 Å². The van der Waals surface area contributed by atoms with Crippen molar-refractivity contribution >= 4 is 0 Å². The number of rotatable bonds is 1. The van der Waals surface area contributed by atoms with Gasteiger partial charge >= 0.3 is 0 Å². The van der Waals surface area contributed by atoms with Crippen LogP contribution in [0.15, 0.2) is 18.5 Å². The van der Waals surface area contributed by atoms with Crippen molar-refractivity contribution in [1.82, 2.24) is 4.90 Å². The van der Waals surface area contributed by atoms with Crippen molar-refractivity contribution in [1.29, 1.82) is 0 Å². The fourth-order valence-corrected chi connectivity index (χ4v) is 0.316. The first-order valence-corrected chi connectivity index (χ1v) is 2.03. The molecule has 0 aliphatic carbocycles. The van der Waals surface area contributed by atoms with Gasteiger partial charge in [0.2, 0.25) is 0 Å². The normalized spacial score (nSPS) is 16.3. The second-order valence-corrected chi connectivity index (χ2v) is 1.37. The zero-order chi connectivity index (χ0) is 4.41. The second kappa shape index (κ2) is 1.19. The van der Waals surface area contributed by atoms with E-state index in [0.717, 1.165) is 0 Å². The smallest absolute Gasteiger partial charge is 0.0418 e. The number of nitrogens with zero attached hydrogens (tertiary/aromatic N) is 1. The minimum atomic E-state index is 1.20. The van der Waals surface area contributed by atoms with Gasteiger partial charge in [0, 0.05) is 19.3 Å². The molecular weight excluding hydrogens is 74.1 g/mol. The number of hydrogen-bond acceptors (Lipinski definition) is 1. The maximum absolute atomic E-state index is 3.42. The molecule has 1 nitrogen and oxygen atoms in total. The molecule has 0 atom stereocenters. The van der Waals surface area contributed by atoms with Gasteiger partial charge in [0.15, 0.2) is 0 Å². The van der Waals surface area contributed by atoms with Crippen molar-refractivity contribution in [2.24, 2.45) is 0 Å². The number of hydrogen-bond donors (Lipinski definition) is 0. The summed E-state index contributed by atoms with van der Waals surface area (Å²) in [6.45, 7) is 5.81. The van der Waals surface area contributed by atoms with Crippen LogP contribution < -0.4 is 0 Å². The van der Waals surface area contributed by atoms with Gasteiger partial charge in [-0.2, -0.15) is 0 Å². The summed E-state index contributed by atoms with van der Waals surface area (Å²) in [4.78, 5) is 2.13. The van der Waals surface area contributed by atoms with Crippen LogP contribution in [-0.4, -0.2) is 18.0 Å². The molecule has 0 bridgehead atoms. The van der Waals surface area contributed by atoms with Crippen molar-refractivity contribution in [3.8, 4) is 0 Å². The molecule has 0 spiro atoms. The van der Waals surface area contributed by atoms with Crippen LogP contribution in [0, 0.1) is 0 Å². The summed E-state index contributed by atoms with van der Waals surface area (Å²) in [6.07, 6.45) is 1.88. The van der Waals surface area contributed by atoms with E-state index >= 15 is 0 Å². The summed E-state index contributed by atoms with van der Waals surface area (Å²) in [7, 11) is 0. The molecule has 0 saturated carbocycles. The summed E-state index contributed by atoms with van der Waals surface area (Å²) in [5, 5.41) is 0. The minimum absolute atomic E-state index is 1.20. The molecule has 1 rings (SSSR count). The molecule has 32 valence electrons. The Morgan fingerprint density at radius 3 is 2.50 bits per heavy atom. The molecule has 0 aromatic carbocycles. The molecule has 0 unspecified atom stereocenters. The maximum Gasteiger partial charge on any atom is 0.0418 e. The molecule has 1 fully saturated rings. The third-order valence-corrected chi connectivity index (χ3v) is 0.756. The van der Waals surface area contributed by atoms with E-state index in [1.165, 1.54) is 13.1 Å². The van der Waals surface area contributed by atoms with Gasteiger partial charge in [-0.15, -0.1) is 5.73 Å². The van der Waals surface area contributed by atoms with E-state index in [9.17, 15) is 0 Å². The van der Waals surface area contributed by atoms with Crippen LogP contribution in [0.4, 0.5) is 0 Å². The molecule has 1 heterocycles.